The van der Waals surface area contributed by atoms with Crippen molar-refractivity contribution in [1.82, 2.24) is 5.16 Å². The molecular formula is C38H61I2N2O3S-. The van der Waals surface area contributed by atoms with E-state index in [0.29, 0.717) is 23.0 Å². The molecule has 4 aromatic rings. The minimum absolute atomic E-state index is 0. The number of carbonyl (C=O) groups excluding carboxylic acids is 1. The van der Waals surface area contributed by atoms with Gasteiger partial charge in [-0.3, -0.25) is 4.79 Å². The first-order chi connectivity index (χ1) is 21.1. The number of carbonyl (C=O) groups is 1. The maximum absolute atomic E-state index is 10.0. The molecule has 0 fully saturated rings. The van der Waals surface area contributed by atoms with Crippen molar-refractivity contribution in [3.63, 3.8) is 0 Å². The van der Waals surface area contributed by atoms with Crippen molar-refractivity contribution < 1.29 is 31.8 Å². The topological polar surface area (TPSA) is 75.7 Å². The van der Waals surface area contributed by atoms with Crippen LogP contribution in [0.3, 0.4) is 0 Å². The molecule has 0 atom stereocenters. The van der Waals surface area contributed by atoms with Crippen LogP contribution in [0.2, 0.25) is 0 Å². The van der Waals surface area contributed by atoms with Gasteiger partial charge in [0.25, 0.3) is 0 Å². The molecule has 3 aromatic carbocycles. The van der Waals surface area contributed by atoms with Crippen LogP contribution in [0.15, 0.2) is 107 Å². The molecule has 262 valence electrons. The summed E-state index contributed by atoms with van der Waals surface area (Å²) in [7, 11) is 0. The number of rotatable bonds is 4. The fourth-order valence-corrected chi connectivity index (χ4v) is 2.36. The van der Waals surface area contributed by atoms with Crippen molar-refractivity contribution in [3.8, 4) is 23.6 Å². The van der Waals surface area contributed by atoms with Crippen molar-refractivity contribution in [1.29, 1.82) is 0 Å². The van der Waals surface area contributed by atoms with Gasteiger partial charge in [-0.25, -0.2) is 0 Å². The Morgan fingerprint density at radius 1 is 0.870 bits per heavy atom. The normalized spacial score (nSPS) is 7.67. The van der Waals surface area contributed by atoms with Crippen LogP contribution in [0.1, 0.15) is 92.4 Å². The van der Waals surface area contributed by atoms with Gasteiger partial charge in [0.15, 0.2) is 0 Å². The van der Waals surface area contributed by atoms with Gasteiger partial charge < -0.3 is 9.73 Å². The number of halogens is 2. The van der Waals surface area contributed by atoms with Crippen LogP contribution in [0, 0.1) is 12.3 Å². The first-order valence-corrected chi connectivity index (χ1v) is 23.1. The van der Waals surface area contributed by atoms with E-state index in [2.05, 4.69) is 59.3 Å². The second-order valence-corrected chi connectivity index (χ2v) is 13.2. The Balaban J connectivity index is -0.0000000830. The molecule has 1 aromatic heterocycles. The Kier molecular flexibility index (Phi) is 66.5. The van der Waals surface area contributed by atoms with E-state index in [1.807, 2.05) is 126 Å². The van der Waals surface area contributed by atoms with Crippen LogP contribution in [0.4, 0.5) is 0 Å². The van der Waals surface area contributed by atoms with Crippen LogP contribution in [-0.4, -0.2) is 33.5 Å². The number of benzene rings is 3. The third-order valence-electron chi connectivity index (χ3n) is 4.01. The summed E-state index contributed by atoms with van der Waals surface area (Å²) in [6.07, 6.45) is 7.81. The molecule has 0 unspecified atom stereocenters. The molecule has 0 radical (unpaired) electrons. The average Bonchev–Trinajstić information content (AvgIpc) is 3.60. The predicted octanol–water partition coefficient (Wildman–Crippen LogP) is 9.49. The first-order valence-electron chi connectivity index (χ1n) is 14.0. The van der Waals surface area contributed by atoms with Gasteiger partial charge in [-0.2, -0.15) is 12.6 Å². The number of aldehydes is 1. The summed E-state index contributed by atoms with van der Waals surface area (Å²) in [6.45, 7) is 14.1. The van der Waals surface area contributed by atoms with Crippen LogP contribution in [-0.2, 0) is 6.42 Å². The molecule has 0 aliphatic heterocycles. The first kappa shape index (κ1) is 58.9. The molecule has 1 heterocycles. The largest absolute Gasteiger partial charge is 0.411 e. The number of thiol groups is 1. The molecular weight excluding hydrogens is 818 g/mol. The van der Waals surface area contributed by atoms with Crippen molar-refractivity contribution in [2.75, 3.05) is 10.7 Å². The van der Waals surface area contributed by atoms with Gasteiger partial charge in [0, 0.05) is 23.6 Å². The Bertz CT molecular complexity index is 1140. The number of hydrogen-bond acceptors (Lipinski definition) is 6. The van der Waals surface area contributed by atoms with Gasteiger partial charge in [-0.05, 0) is 5.56 Å². The van der Waals surface area contributed by atoms with E-state index in [9.17, 15) is 4.79 Å². The quantitative estimate of drug-likeness (QED) is 0.0313. The van der Waals surface area contributed by atoms with Gasteiger partial charge in [-0.1, -0.05) is 178 Å². The van der Waals surface area contributed by atoms with Crippen LogP contribution < -0.4 is 17.2 Å². The molecule has 0 saturated heterocycles. The van der Waals surface area contributed by atoms with Gasteiger partial charge >= 0.3 is 40.8 Å². The summed E-state index contributed by atoms with van der Waals surface area (Å²) in [5, 5.41) is 15.0. The van der Waals surface area contributed by atoms with Crippen LogP contribution in [0.5, 0.6) is 0 Å². The van der Waals surface area contributed by atoms with E-state index in [4.69, 9.17) is 16.2 Å². The van der Waals surface area contributed by atoms with Gasteiger partial charge in [0.2, 0.25) is 0 Å². The zero-order valence-corrected chi connectivity index (χ0v) is 32.0. The molecule has 8 heteroatoms. The molecule has 4 rings (SSSR count). The number of nitrogens with zero attached hydrogens (tertiary/aromatic N) is 2. The van der Waals surface area contributed by atoms with E-state index in [1.165, 1.54) is 6.21 Å². The molecule has 0 saturated carbocycles. The van der Waals surface area contributed by atoms with Gasteiger partial charge in [-0.15, -0.1) is 6.42 Å². The van der Waals surface area contributed by atoms with Crippen LogP contribution in [0.25, 0.3) is 11.3 Å². The molecule has 46 heavy (non-hydrogen) atoms. The van der Waals surface area contributed by atoms with Crippen molar-refractivity contribution in [2.45, 2.75) is 77.2 Å². The summed E-state index contributed by atoms with van der Waals surface area (Å²) in [6, 6.07) is 30.5. The Morgan fingerprint density at radius 3 is 1.52 bits per heavy atom. The van der Waals surface area contributed by atoms with E-state index in [0.717, 1.165) is 40.9 Å². The number of oxime groups is 1. The van der Waals surface area contributed by atoms with Gasteiger partial charge in [0.1, 0.15) is 17.7 Å². The number of hydrogen-bond donors (Lipinski definition) is 2. The monoisotopic (exact) mass is 879 g/mol. The molecule has 1 N–H and O–H groups in total. The number of aromatic nitrogens is 1. The van der Waals surface area contributed by atoms with Crippen molar-refractivity contribution >= 4 is 43.7 Å². The van der Waals surface area contributed by atoms with E-state index in [1.54, 1.807) is 12.1 Å². The summed E-state index contributed by atoms with van der Waals surface area (Å²) >= 11 is 6.64. The zero-order chi connectivity index (χ0) is 33.6. The van der Waals surface area contributed by atoms with Crippen LogP contribution >= 0.6 is 31.2 Å². The SMILES string of the molecule is C.C.C.C#CCS.CC.CC.CC.CCc1cc(-c2ccccc2)no1.C[I-]I.O=Cc1ccccc1.ON=Cc1ccccc1. The second-order valence-electron chi connectivity index (χ2n) is 6.59. The molecule has 0 amide bonds. The number of terminal acetylenes is 1. The fourth-order valence-electron chi connectivity index (χ4n) is 2.36. The Morgan fingerprint density at radius 2 is 1.24 bits per heavy atom. The fraction of sp³-hybridized carbons (Fsp3) is 0.342. The van der Waals surface area contributed by atoms with Crippen molar-refractivity contribution in [3.05, 3.63) is 114 Å². The minimum atomic E-state index is 0. The second kappa shape index (κ2) is 51.9. The summed E-state index contributed by atoms with van der Waals surface area (Å²) in [4.78, 5) is 12.2. The predicted molar refractivity (Wildman–Crippen MR) is 216 cm³/mol. The van der Waals surface area contributed by atoms with E-state index >= 15 is 0 Å². The summed E-state index contributed by atoms with van der Waals surface area (Å²) < 4.78 is 5.12. The third kappa shape index (κ3) is 37.6. The maximum Gasteiger partial charge on any atom is 0.150 e. The minimum Gasteiger partial charge on any atom is -0.411 e. The smallest absolute Gasteiger partial charge is 0.150 e. The molecule has 0 bridgehead atoms. The Labute approximate surface area is 308 Å². The van der Waals surface area contributed by atoms with Crippen molar-refractivity contribution in [2.24, 2.45) is 5.16 Å². The van der Waals surface area contributed by atoms with E-state index in [-0.39, 0.29) is 22.3 Å². The van der Waals surface area contributed by atoms with E-state index < -0.39 is 0 Å². The van der Waals surface area contributed by atoms with Gasteiger partial charge in [0.05, 0.1) is 12.0 Å². The standard InChI is InChI=1S/C11H11NO.C7H7NO.C7H6O.C3H4S.3C2H6.CH3I2.3CH4/c1-2-10-8-11(12-13-10)9-6-4-3-5-7-9;9-8-6-7-4-2-1-3-5-7;8-6-7-4-2-1-3-5-7;1-2-3-4;3*1-2;1-3-2;;;/h3-8H,2H2,1H3;1-6,9H;1-6H;1,4H,3H2;3*1-2H3;1H3;3*1H4/q;;;;;;;-1;;;. The third-order valence-corrected chi connectivity index (χ3v) is 4.19. The molecule has 5 nitrogen and oxygen atoms in total. The summed E-state index contributed by atoms with van der Waals surface area (Å²) in [5.74, 6) is 3.77. The number of aryl methyl sites for hydroxylation is 1. The Hall–Kier alpha value is -2.62. The molecule has 0 aliphatic carbocycles. The number of alkyl halides is 1. The molecule has 0 aliphatic rings. The summed E-state index contributed by atoms with van der Waals surface area (Å²) in [5.41, 5.74) is 3.65. The average molecular weight is 880 g/mol. The zero-order valence-electron chi connectivity index (χ0n) is 26.7. The molecule has 0 spiro atoms. The maximum atomic E-state index is 10.0.